The number of hydrogen-bond acceptors (Lipinski definition) is 1. The highest BCUT2D eigenvalue weighted by molar-refractivity contribution is 5.28. The van der Waals surface area contributed by atoms with Crippen molar-refractivity contribution in [3.05, 3.63) is 34.9 Å². The Morgan fingerprint density at radius 2 is 1.90 bits per heavy atom. The first-order valence-corrected chi connectivity index (χ1v) is 7.49. The first-order valence-electron chi connectivity index (χ1n) is 7.49. The van der Waals surface area contributed by atoms with Crippen LogP contribution in [0.15, 0.2) is 12.1 Å². The molecule has 112 valence electrons. The SMILES string of the molecule is CNC(c1cc(F)c(C)cc1F)C1CCCCC1(C)C. The second-order valence-electron chi connectivity index (χ2n) is 6.73. The van der Waals surface area contributed by atoms with E-state index in [1.54, 1.807) is 6.92 Å². The maximum atomic E-state index is 14.3. The van der Waals surface area contributed by atoms with Crippen LogP contribution in [0.2, 0.25) is 0 Å². The van der Waals surface area contributed by atoms with E-state index in [0.717, 1.165) is 12.8 Å². The number of benzene rings is 1. The molecule has 1 aromatic carbocycles. The van der Waals surface area contributed by atoms with E-state index in [0.29, 0.717) is 17.0 Å². The fraction of sp³-hybridized carbons (Fsp3) is 0.647. The Morgan fingerprint density at radius 1 is 1.20 bits per heavy atom. The van der Waals surface area contributed by atoms with Crippen LogP contribution in [0.25, 0.3) is 0 Å². The van der Waals surface area contributed by atoms with Gasteiger partial charge in [0, 0.05) is 11.6 Å². The van der Waals surface area contributed by atoms with Crippen LogP contribution in [-0.2, 0) is 0 Å². The summed E-state index contributed by atoms with van der Waals surface area (Å²) in [6.45, 7) is 6.08. The van der Waals surface area contributed by atoms with E-state index in [4.69, 9.17) is 0 Å². The van der Waals surface area contributed by atoms with E-state index in [9.17, 15) is 8.78 Å². The van der Waals surface area contributed by atoms with Crippen LogP contribution >= 0.6 is 0 Å². The largest absolute Gasteiger partial charge is 0.313 e. The summed E-state index contributed by atoms with van der Waals surface area (Å²) in [6, 6.07) is 2.56. The van der Waals surface area contributed by atoms with Crippen molar-refractivity contribution in [3.63, 3.8) is 0 Å². The molecule has 1 aliphatic rings. The van der Waals surface area contributed by atoms with Gasteiger partial charge in [-0.1, -0.05) is 26.7 Å². The van der Waals surface area contributed by atoms with Crippen LogP contribution in [-0.4, -0.2) is 7.05 Å². The van der Waals surface area contributed by atoms with Gasteiger partial charge in [0.1, 0.15) is 11.6 Å². The van der Waals surface area contributed by atoms with E-state index in [1.165, 1.54) is 25.0 Å². The lowest BCUT2D eigenvalue weighted by atomic mass is 9.64. The lowest BCUT2D eigenvalue weighted by molar-refractivity contribution is 0.0997. The first-order chi connectivity index (χ1) is 9.36. The van der Waals surface area contributed by atoms with Gasteiger partial charge in [-0.15, -0.1) is 0 Å². The predicted octanol–water partition coefficient (Wildman–Crippen LogP) is 4.75. The van der Waals surface area contributed by atoms with Crippen LogP contribution in [0.4, 0.5) is 8.78 Å². The molecule has 0 saturated heterocycles. The summed E-state index contributed by atoms with van der Waals surface area (Å²) in [7, 11) is 1.84. The highest BCUT2D eigenvalue weighted by Gasteiger charge is 2.38. The van der Waals surface area contributed by atoms with E-state index in [-0.39, 0.29) is 23.1 Å². The van der Waals surface area contributed by atoms with Crippen molar-refractivity contribution in [3.8, 4) is 0 Å². The maximum absolute atomic E-state index is 14.3. The lowest BCUT2D eigenvalue weighted by Crippen LogP contribution is -2.38. The molecule has 2 atom stereocenters. The van der Waals surface area contributed by atoms with Gasteiger partial charge in [0.15, 0.2) is 0 Å². The van der Waals surface area contributed by atoms with Crippen molar-refractivity contribution in [1.82, 2.24) is 5.32 Å². The van der Waals surface area contributed by atoms with Gasteiger partial charge in [-0.3, -0.25) is 0 Å². The minimum absolute atomic E-state index is 0.125. The number of hydrogen-bond donors (Lipinski definition) is 1. The normalized spacial score (nSPS) is 23.6. The molecular formula is C17H25F2N. The molecule has 3 heteroatoms. The molecule has 1 N–H and O–H groups in total. The maximum Gasteiger partial charge on any atom is 0.128 e. The van der Waals surface area contributed by atoms with Crippen molar-refractivity contribution in [2.24, 2.45) is 11.3 Å². The second-order valence-corrected chi connectivity index (χ2v) is 6.73. The third-order valence-corrected chi connectivity index (χ3v) is 4.92. The summed E-state index contributed by atoms with van der Waals surface area (Å²) in [5.74, 6) is -0.294. The molecule has 1 aliphatic carbocycles. The van der Waals surface area contributed by atoms with Crippen LogP contribution in [0, 0.1) is 29.9 Å². The van der Waals surface area contributed by atoms with Gasteiger partial charge < -0.3 is 5.32 Å². The molecule has 20 heavy (non-hydrogen) atoms. The molecule has 0 bridgehead atoms. The van der Waals surface area contributed by atoms with Gasteiger partial charge in [-0.25, -0.2) is 8.78 Å². The van der Waals surface area contributed by atoms with Gasteiger partial charge in [-0.05, 0) is 55.8 Å². The summed E-state index contributed by atoms with van der Waals surface area (Å²) >= 11 is 0. The van der Waals surface area contributed by atoms with Gasteiger partial charge >= 0.3 is 0 Å². The Kier molecular flexibility index (Phi) is 4.48. The molecule has 1 saturated carbocycles. The Bertz CT molecular complexity index is 482. The molecule has 2 rings (SSSR count). The quantitative estimate of drug-likeness (QED) is 0.843. The topological polar surface area (TPSA) is 12.0 Å². The zero-order valence-electron chi connectivity index (χ0n) is 12.9. The van der Waals surface area contributed by atoms with Crippen LogP contribution in [0.1, 0.15) is 56.7 Å². The van der Waals surface area contributed by atoms with Crippen LogP contribution in [0.3, 0.4) is 0 Å². The van der Waals surface area contributed by atoms with Gasteiger partial charge in [-0.2, -0.15) is 0 Å². The Balaban J connectivity index is 2.39. The summed E-state index contributed by atoms with van der Waals surface area (Å²) in [5.41, 5.74) is 0.985. The van der Waals surface area contributed by atoms with Gasteiger partial charge in [0.2, 0.25) is 0 Å². The molecule has 1 aromatic rings. The predicted molar refractivity (Wildman–Crippen MR) is 78.6 cm³/mol. The molecule has 1 nitrogen and oxygen atoms in total. The lowest BCUT2D eigenvalue weighted by Gasteiger charge is -2.43. The highest BCUT2D eigenvalue weighted by atomic mass is 19.1. The molecule has 0 amide bonds. The smallest absolute Gasteiger partial charge is 0.128 e. The molecule has 2 unspecified atom stereocenters. The van der Waals surface area contributed by atoms with Gasteiger partial charge in [0.05, 0.1) is 0 Å². The Labute approximate surface area is 120 Å². The fourth-order valence-electron chi connectivity index (χ4n) is 3.61. The van der Waals surface area contributed by atoms with E-state index >= 15 is 0 Å². The second kappa shape index (κ2) is 5.80. The molecule has 0 radical (unpaired) electrons. The minimum atomic E-state index is -0.324. The van der Waals surface area contributed by atoms with Crippen LogP contribution < -0.4 is 5.32 Å². The molecule has 1 fully saturated rings. The molecule has 0 aromatic heterocycles. The van der Waals surface area contributed by atoms with E-state index in [1.807, 2.05) is 7.05 Å². The molecular weight excluding hydrogens is 256 g/mol. The zero-order valence-corrected chi connectivity index (χ0v) is 12.9. The monoisotopic (exact) mass is 281 g/mol. The summed E-state index contributed by atoms with van der Waals surface area (Å²) in [5, 5.41) is 3.22. The van der Waals surface area contributed by atoms with Gasteiger partial charge in [0.25, 0.3) is 0 Å². The number of aryl methyl sites for hydroxylation is 1. The fourth-order valence-corrected chi connectivity index (χ4v) is 3.61. The van der Waals surface area contributed by atoms with Crippen molar-refractivity contribution >= 4 is 0 Å². The standard InChI is InChI=1S/C17H25F2N/c1-11-9-15(19)12(10-14(11)18)16(20-4)13-7-5-6-8-17(13,2)3/h9-10,13,16,20H,5-8H2,1-4H3. The zero-order chi connectivity index (χ0) is 14.9. The average Bonchev–Trinajstić information content (AvgIpc) is 2.37. The Morgan fingerprint density at radius 3 is 2.50 bits per heavy atom. The third-order valence-electron chi connectivity index (χ3n) is 4.92. The molecule has 0 aliphatic heterocycles. The number of halogens is 2. The number of nitrogens with one attached hydrogen (secondary N) is 1. The third kappa shape index (κ3) is 2.88. The average molecular weight is 281 g/mol. The van der Waals surface area contributed by atoms with Crippen molar-refractivity contribution in [2.75, 3.05) is 7.05 Å². The van der Waals surface area contributed by atoms with Crippen LogP contribution in [0.5, 0.6) is 0 Å². The first kappa shape index (κ1) is 15.4. The molecule has 0 spiro atoms. The highest BCUT2D eigenvalue weighted by Crippen LogP contribution is 2.47. The Hall–Kier alpha value is -0.960. The van der Waals surface area contributed by atoms with Crippen molar-refractivity contribution in [1.29, 1.82) is 0 Å². The summed E-state index contributed by atoms with van der Waals surface area (Å²) in [6.07, 6.45) is 4.60. The summed E-state index contributed by atoms with van der Waals surface area (Å²) in [4.78, 5) is 0. The number of rotatable bonds is 3. The summed E-state index contributed by atoms with van der Waals surface area (Å²) < 4.78 is 28.1. The van der Waals surface area contributed by atoms with E-state index in [2.05, 4.69) is 19.2 Å². The molecule has 0 heterocycles. The van der Waals surface area contributed by atoms with E-state index < -0.39 is 0 Å². The van der Waals surface area contributed by atoms with Crippen molar-refractivity contribution in [2.45, 2.75) is 52.5 Å². The van der Waals surface area contributed by atoms with Crippen molar-refractivity contribution < 1.29 is 8.78 Å². The minimum Gasteiger partial charge on any atom is -0.313 e.